The Hall–Kier alpha value is -0.600. The number of hydrogen-bond donors (Lipinski definition) is 1. The predicted molar refractivity (Wildman–Crippen MR) is 67.4 cm³/mol. The van der Waals surface area contributed by atoms with Gasteiger partial charge in [-0.25, -0.2) is 0 Å². The zero-order chi connectivity index (χ0) is 10.7. The Kier molecular flexibility index (Phi) is 3.27. The molecule has 0 spiro atoms. The number of nitrogens with one attached hydrogen (secondary N) is 1. The second-order valence-corrected chi connectivity index (χ2v) is 5.80. The Morgan fingerprint density at radius 2 is 2.47 bits per heavy atom. The van der Waals surface area contributed by atoms with Gasteiger partial charge in [0.05, 0.1) is 0 Å². The molecule has 1 aliphatic carbocycles. The highest BCUT2D eigenvalue weighted by Gasteiger charge is 2.26. The molecule has 1 nitrogen and oxygen atoms in total. The third-order valence-electron chi connectivity index (χ3n) is 3.02. The third-order valence-corrected chi connectivity index (χ3v) is 3.90. The summed E-state index contributed by atoms with van der Waals surface area (Å²) in [6.07, 6.45) is 5.91. The van der Waals surface area contributed by atoms with E-state index < -0.39 is 0 Å². The van der Waals surface area contributed by atoms with Crippen LogP contribution in [-0.2, 0) is 6.42 Å². The van der Waals surface area contributed by atoms with Crippen molar-refractivity contribution in [3.05, 3.63) is 35.0 Å². The van der Waals surface area contributed by atoms with Gasteiger partial charge < -0.3 is 5.32 Å². The molecule has 1 N–H and O–H groups in total. The van der Waals surface area contributed by atoms with Crippen molar-refractivity contribution in [3.63, 3.8) is 0 Å². The lowest BCUT2D eigenvalue weighted by atomic mass is 9.86. The molecule has 0 radical (unpaired) electrons. The van der Waals surface area contributed by atoms with Gasteiger partial charge in [-0.05, 0) is 30.7 Å². The molecule has 0 aromatic carbocycles. The highest BCUT2D eigenvalue weighted by molar-refractivity contribution is 7.09. The zero-order valence-corrected chi connectivity index (χ0v) is 10.1. The van der Waals surface area contributed by atoms with Crippen LogP contribution in [0.25, 0.3) is 0 Å². The van der Waals surface area contributed by atoms with Crippen LogP contribution in [0.5, 0.6) is 0 Å². The topological polar surface area (TPSA) is 12.0 Å². The van der Waals surface area contributed by atoms with Gasteiger partial charge in [-0.1, -0.05) is 19.1 Å². The maximum atomic E-state index is 3.98. The first-order valence-electron chi connectivity index (χ1n) is 5.61. The van der Waals surface area contributed by atoms with E-state index in [4.69, 9.17) is 0 Å². The minimum atomic E-state index is 0.202. The molecule has 1 atom stereocenters. The van der Waals surface area contributed by atoms with Gasteiger partial charge in [0.1, 0.15) is 0 Å². The summed E-state index contributed by atoms with van der Waals surface area (Å²) in [7, 11) is 0. The first-order valence-corrected chi connectivity index (χ1v) is 6.49. The van der Waals surface area contributed by atoms with Gasteiger partial charge in [-0.3, -0.25) is 0 Å². The quantitative estimate of drug-likeness (QED) is 0.727. The molecule has 0 bridgehead atoms. The summed E-state index contributed by atoms with van der Waals surface area (Å²) in [4.78, 5) is 1.45. The fraction of sp³-hybridized carbons (Fsp3) is 0.538. The molecule has 0 amide bonds. The highest BCUT2D eigenvalue weighted by Crippen LogP contribution is 2.27. The fourth-order valence-corrected chi connectivity index (χ4v) is 2.59. The van der Waals surface area contributed by atoms with Crippen LogP contribution in [0.15, 0.2) is 30.2 Å². The molecule has 15 heavy (non-hydrogen) atoms. The van der Waals surface area contributed by atoms with Crippen LogP contribution in [-0.4, -0.2) is 12.6 Å². The van der Waals surface area contributed by atoms with Crippen molar-refractivity contribution < 1.29 is 0 Å². The maximum absolute atomic E-state index is 3.98. The highest BCUT2D eigenvalue weighted by atomic mass is 32.1. The van der Waals surface area contributed by atoms with E-state index in [2.05, 4.69) is 42.4 Å². The molecule has 1 aliphatic rings. The van der Waals surface area contributed by atoms with E-state index in [9.17, 15) is 0 Å². The summed E-state index contributed by atoms with van der Waals surface area (Å²) < 4.78 is 0. The standard InChI is InChI=1S/C13H19NS/c1-3-13(2,10-14-11-6-7-11)9-12-5-4-8-15-12/h3-5,8,11,14H,1,6-7,9-10H2,2H3. The van der Waals surface area contributed by atoms with Gasteiger partial charge in [0.15, 0.2) is 0 Å². The molecular weight excluding hydrogens is 202 g/mol. The molecule has 1 aromatic rings. The van der Waals surface area contributed by atoms with E-state index in [1.54, 1.807) is 0 Å². The first-order chi connectivity index (χ1) is 7.22. The Bertz CT molecular complexity index is 313. The summed E-state index contributed by atoms with van der Waals surface area (Å²) in [5, 5.41) is 5.74. The fourth-order valence-electron chi connectivity index (χ4n) is 1.68. The van der Waals surface area contributed by atoms with Crippen LogP contribution < -0.4 is 5.32 Å². The van der Waals surface area contributed by atoms with E-state index >= 15 is 0 Å². The second kappa shape index (κ2) is 4.50. The van der Waals surface area contributed by atoms with Crippen LogP contribution in [0.4, 0.5) is 0 Å². The predicted octanol–water partition coefficient (Wildman–Crippen LogP) is 3.23. The lowest BCUT2D eigenvalue weighted by Crippen LogP contribution is -2.33. The van der Waals surface area contributed by atoms with E-state index in [1.165, 1.54) is 17.7 Å². The van der Waals surface area contributed by atoms with E-state index in [0.29, 0.717) is 0 Å². The molecule has 1 heterocycles. The van der Waals surface area contributed by atoms with E-state index in [0.717, 1.165) is 19.0 Å². The molecule has 1 fully saturated rings. The third kappa shape index (κ3) is 3.18. The van der Waals surface area contributed by atoms with Gasteiger partial charge in [0, 0.05) is 22.9 Å². The number of rotatable bonds is 6. The van der Waals surface area contributed by atoms with Crippen LogP contribution in [0.3, 0.4) is 0 Å². The van der Waals surface area contributed by atoms with Crippen molar-refractivity contribution in [1.82, 2.24) is 5.32 Å². The molecule has 0 aliphatic heterocycles. The largest absolute Gasteiger partial charge is 0.313 e. The van der Waals surface area contributed by atoms with Crippen LogP contribution >= 0.6 is 11.3 Å². The Morgan fingerprint density at radius 3 is 3.00 bits per heavy atom. The molecular formula is C13H19NS. The van der Waals surface area contributed by atoms with Crippen LogP contribution in [0.1, 0.15) is 24.6 Å². The van der Waals surface area contributed by atoms with Crippen molar-refractivity contribution in [2.75, 3.05) is 6.54 Å². The van der Waals surface area contributed by atoms with Gasteiger partial charge >= 0.3 is 0 Å². The Balaban J connectivity index is 1.90. The van der Waals surface area contributed by atoms with Crippen molar-refractivity contribution >= 4 is 11.3 Å². The molecule has 1 aromatic heterocycles. The summed E-state index contributed by atoms with van der Waals surface area (Å²) in [5.74, 6) is 0. The average Bonchev–Trinajstić information content (AvgIpc) is 2.94. The normalized spacial score (nSPS) is 19.8. The smallest absolute Gasteiger partial charge is 0.00685 e. The van der Waals surface area contributed by atoms with Gasteiger partial charge in [-0.15, -0.1) is 17.9 Å². The monoisotopic (exact) mass is 221 g/mol. The van der Waals surface area contributed by atoms with Crippen molar-refractivity contribution in [1.29, 1.82) is 0 Å². The number of hydrogen-bond acceptors (Lipinski definition) is 2. The Labute approximate surface area is 96.2 Å². The van der Waals surface area contributed by atoms with Gasteiger partial charge in [0.2, 0.25) is 0 Å². The minimum Gasteiger partial charge on any atom is -0.313 e. The van der Waals surface area contributed by atoms with E-state index in [1.807, 2.05) is 11.3 Å². The summed E-state index contributed by atoms with van der Waals surface area (Å²) in [6.45, 7) is 7.32. The van der Waals surface area contributed by atoms with Gasteiger partial charge in [0.25, 0.3) is 0 Å². The lowest BCUT2D eigenvalue weighted by molar-refractivity contribution is 0.392. The van der Waals surface area contributed by atoms with E-state index in [-0.39, 0.29) is 5.41 Å². The summed E-state index contributed by atoms with van der Waals surface area (Å²) in [5.41, 5.74) is 0.202. The average molecular weight is 221 g/mol. The molecule has 1 unspecified atom stereocenters. The van der Waals surface area contributed by atoms with Crippen molar-refractivity contribution in [2.45, 2.75) is 32.2 Å². The molecule has 2 heteroatoms. The second-order valence-electron chi connectivity index (χ2n) is 4.77. The van der Waals surface area contributed by atoms with Crippen LogP contribution in [0, 0.1) is 5.41 Å². The summed E-state index contributed by atoms with van der Waals surface area (Å²) in [6, 6.07) is 5.12. The molecule has 1 saturated carbocycles. The molecule has 0 saturated heterocycles. The zero-order valence-electron chi connectivity index (χ0n) is 9.33. The first kappa shape index (κ1) is 10.9. The molecule has 2 rings (SSSR count). The minimum absolute atomic E-state index is 0.202. The molecule has 82 valence electrons. The summed E-state index contributed by atoms with van der Waals surface area (Å²) >= 11 is 1.84. The van der Waals surface area contributed by atoms with Crippen LogP contribution in [0.2, 0.25) is 0 Å². The SMILES string of the molecule is C=CC(C)(CNC1CC1)Cc1cccs1. The number of thiophene rings is 1. The van der Waals surface area contributed by atoms with Crippen molar-refractivity contribution in [2.24, 2.45) is 5.41 Å². The lowest BCUT2D eigenvalue weighted by Gasteiger charge is -2.25. The Morgan fingerprint density at radius 1 is 1.67 bits per heavy atom. The maximum Gasteiger partial charge on any atom is 0.00685 e. The van der Waals surface area contributed by atoms with Gasteiger partial charge in [-0.2, -0.15) is 0 Å². The van der Waals surface area contributed by atoms with Crippen molar-refractivity contribution in [3.8, 4) is 0 Å².